The fourth-order valence-corrected chi connectivity index (χ4v) is 3.95. The van der Waals surface area contributed by atoms with E-state index < -0.39 is 0 Å². The van der Waals surface area contributed by atoms with E-state index in [2.05, 4.69) is 36.5 Å². The van der Waals surface area contributed by atoms with Crippen molar-refractivity contribution in [3.63, 3.8) is 0 Å². The van der Waals surface area contributed by atoms with Gasteiger partial charge in [-0.05, 0) is 44.7 Å². The molecule has 1 aliphatic carbocycles. The van der Waals surface area contributed by atoms with E-state index in [9.17, 15) is 0 Å². The van der Waals surface area contributed by atoms with Gasteiger partial charge >= 0.3 is 0 Å². The van der Waals surface area contributed by atoms with Gasteiger partial charge in [-0.3, -0.25) is 0 Å². The summed E-state index contributed by atoms with van der Waals surface area (Å²) in [7, 11) is 0. The lowest BCUT2D eigenvalue weighted by atomic mass is 9.86. The second-order valence-corrected chi connectivity index (χ2v) is 6.80. The molecule has 0 saturated heterocycles. The minimum Gasteiger partial charge on any atom is -0.487 e. The largest absolute Gasteiger partial charge is 0.487 e. The van der Waals surface area contributed by atoms with Crippen molar-refractivity contribution in [1.29, 1.82) is 0 Å². The molecular formula is C19H29NO. The predicted molar refractivity (Wildman–Crippen MR) is 87.8 cm³/mol. The van der Waals surface area contributed by atoms with Gasteiger partial charge < -0.3 is 10.1 Å². The minimum atomic E-state index is 0.120. The van der Waals surface area contributed by atoms with Gasteiger partial charge in [0.05, 0.1) is 0 Å². The van der Waals surface area contributed by atoms with Crippen LogP contribution < -0.4 is 10.1 Å². The first-order valence-corrected chi connectivity index (χ1v) is 8.84. The van der Waals surface area contributed by atoms with Gasteiger partial charge in [-0.2, -0.15) is 0 Å². The molecule has 0 aromatic heterocycles. The van der Waals surface area contributed by atoms with Crippen LogP contribution in [0.3, 0.4) is 0 Å². The number of fused-ring (bicyclic) bond motifs is 1. The predicted octanol–water partition coefficient (Wildman–Crippen LogP) is 4.99. The third kappa shape index (κ3) is 3.42. The Balaban J connectivity index is 1.66. The van der Waals surface area contributed by atoms with Gasteiger partial charge in [0.1, 0.15) is 11.4 Å². The number of rotatable bonds is 6. The Labute approximate surface area is 129 Å². The highest BCUT2D eigenvalue weighted by Crippen LogP contribution is 2.46. The van der Waals surface area contributed by atoms with Crippen LogP contribution in [0.2, 0.25) is 0 Å². The first kappa shape index (κ1) is 14.9. The molecule has 21 heavy (non-hydrogen) atoms. The summed E-state index contributed by atoms with van der Waals surface area (Å²) in [6.45, 7) is 3.40. The number of unbranched alkanes of at least 4 members (excludes halogenated alkanes) is 3. The van der Waals surface area contributed by atoms with Gasteiger partial charge in [0, 0.05) is 18.0 Å². The fourth-order valence-electron chi connectivity index (χ4n) is 3.95. The Kier molecular flexibility index (Phi) is 4.84. The maximum Gasteiger partial charge on any atom is 0.124 e. The van der Waals surface area contributed by atoms with Crippen molar-refractivity contribution in [2.24, 2.45) is 0 Å². The summed E-state index contributed by atoms with van der Waals surface area (Å²) in [4.78, 5) is 0. The average molecular weight is 287 g/mol. The van der Waals surface area contributed by atoms with Gasteiger partial charge in [0.2, 0.25) is 0 Å². The normalized spacial score (nSPS) is 23.0. The van der Waals surface area contributed by atoms with E-state index in [1.807, 2.05) is 0 Å². The number of nitrogens with one attached hydrogen (secondary N) is 1. The summed E-state index contributed by atoms with van der Waals surface area (Å²) in [6, 6.07) is 9.11. The van der Waals surface area contributed by atoms with Crippen LogP contribution in [0, 0.1) is 0 Å². The standard InChI is InChI=1S/C19H29NO/c1-2-3-4-9-14-20-17-15-19(12-7-8-13-19)21-18-11-6-5-10-16(17)18/h5-6,10-11,17,20H,2-4,7-9,12-15H2,1H3. The molecule has 1 saturated carbocycles. The van der Waals surface area contributed by atoms with E-state index in [-0.39, 0.29) is 5.60 Å². The highest BCUT2D eigenvalue weighted by atomic mass is 16.5. The molecule has 116 valence electrons. The average Bonchev–Trinajstić information content (AvgIpc) is 2.94. The van der Waals surface area contributed by atoms with Gasteiger partial charge in [-0.25, -0.2) is 0 Å². The molecule has 2 heteroatoms. The molecule has 1 spiro atoms. The Morgan fingerprint density at radius 3 is 2.76 bits per heavy atom. The Hall–Kier alpha value is -1.02. The number of ether oxygens (including phenoxy) is 1. The topological polar surface area (TPSA) is 21.3 Å². The van der Waals surface area contributed by atoms with Crippen molar-refractivity contribution in [2.45, 2.75) is 76.4 Å². The lowest BCUT2D eigenvalue weighted by molar-refractivity contribution is 0.0367. The smallest absolute Gasteiger partial charge is 0.124 e. The van der Waals surface area contributed by atoms with Gasteiger partial charge in [0.25, 0.3) is 0 Å². The van der Waals surface area contributed by atoms with Crippen LogP contribution >= 0.6 is 0 Å². The number of hydrogen-bond acceptors (Lipinski definition) is 2. The molecule has 1 aromatic carbocycles. The molecule has 2 aliphatic rings. The van der Waals surface area contributed by atoms with Crippen molar-refractivity contribution in [3.05, 3.63) is 29.8 Å². The van der Waals surface area contributed by atoms with Crippen LogP contribution in [0.25, 0.3) is 0 Å². The van der Waals surface area contributed by atoms with Gasteiger partial charge in [-0.1, -0.05) is 44.4 Å². The molecule has 1 aromatic rings. The van der Waals surface area contributed by atoms with Crippen molar-refractivity contribution < 1.29 is 4.74 Å². The van der Waals surface area contributed by atoms with E-state index in [1.165, 1.54) is 56.9 Å². The van der Waals surface area contributed by atoms with Crippen LogP contribution in [-0.4, -0.2) is 12.1 Å². The second kappa shape index (κ2) is 6.83. The summed E-state index contributed by atoms with van der Waals surface area (Å²) < 4.78 is 6.42. The molecular weight excluding hydrogens is 258 g/mol. The molecule has 1 heterocycles. The summed E-state index contributed by atoms with van der Waals surface area (Å²) in [6.07, 6.45) is 11.6. The Morgan fingerprint density at radius 1 is 1.14 bits per heavy atom. The molecule has 0 bridgehead atoms. The molecule has 3 rings (SSSR count). The SMILES string of the molecule is CCCCCCNC1CC2(CCCC2)Oc2ccccc21. The highest BCUT2D eigenvalue weighted by Gasteiger charge is 2.42. The van der Waals surface area contributed by atoms with Crippen LogP contribution in [0.1, 0.15) is 76.3 Å². The highest BCUT2D eigenvalue weighted by molar-refractivity contribution is 5.39. The molecule has 1 atom stereocenters. The molecule has 0 radical (unpaired) electrons. The number of hydrogen-bond donors (Lipinski definition) is 1. The van der Waals surface area contributed by atoms with Crippen molar-refractivity contribution in [2.75, 3.05) is 6.54 Å². The summed E-state index contributed by atoms with van der Waals surface area (Å²) in [5.41, 5.74) is 1.49. The van der Waals surface area contributed by atoms with E-state index in [1.54, 1.807) is 0 Å². The lowest BCUT2D eigenvalue weighted by Gasteiger charge is -2.40. The Bertz CT molecular complexity index is 451. The van der Waals surface area contributed by atoms with Crippen molar-refractivity contribution in [1.82, 2.24) is 5.32 Å². The zero-order valence-corrected chi connectivity index (χ0v) is 13.4. The molecule has 0 amide bonds. The third-order valence-electron chi connectivity index (χ3n) is 5.13. The van der Waals surface area contributed by atoms with Crippen LogP contribution in [0.4, 0.5) is 0 Å². The van der Waals surface area contributed by atoms with Gasteiger partial charge in [0.15, 0.2) is 0 Å². The zero-order valence-electron chi connectivity index (χ0n) is 13.4. The first-order chi connectivity index (χ1) is 10.3. The van der Waals surface area contributed by atoms with Crippen molar-refractivity contribution in [3.8, 4) is 5.75 Å². The van der Waals surface area contributed by atoms with Crippen LogP contribution in [0.5, 0.6) is 5.75 Å². The van der Waals surface area contributed by atoms with E-state index in [0.29, 0.717) is 6.04 Å². The van der Waals surface area contributed by atoms with E-state index in [4.69, 9.17) is 4.74 Å². The molecule has 2 nitrogen and oxygen atoms in total. The molecule has 1 unspecified atom stereocenters. The van der Waals surface area contributed by atoms with Crippen LogP contribution in [0.15, 0.2) is 24.3 Å². The monoisotopic (exact) mass is 287 g/mol. The van der Waals surface area contributed by atoms with Crippen molar-refractivity contribution >= 4 is 0 Å². The molecule has 1 N–H and O–H groups in total. The van der Waals surface area contributed by atoms with E-state index in [0.717, 1.165) is 18.7 Å². The minimum absolute atomic E-state index is 0.120. The fraction of sp³-hybridized carbons (Fsp3) is 0.684. The number of para-hydroxylation sites is 1. The third-order valence-corrected chi connectivity index (χ3v) is 5.13. The number of benzene rings is 1. The Morgan fingerprint density at radius 2 is 1.95 bits per heavy atom. The molecule has 1 fully saturated rings. The zero-order chi connectivity index (χ0) is 14.5. The lowest BCUT2D eigenvalue weighted by Crippen LogP contribution is -2.42. The summed E-state index contributed by atoms with van der Waals surface area (Å²) >= 11 is 0. The maximum atomic E-state index is 6.42. The maximum absolute atomic E-state index is 6.42. The van der Waals surface area contributed by atoms with Crippen LogP contribution in [-0.2, 0) is 0 Å². The van der Waals surface area contributed by atoms with Gasteiger partial charge in [-0.15, -0.1) is 0 Å². The summed E-state index contributed by atoms with van der Waals surface area (Å²) in [5.74, 6) is 1.12. The quantitative estimate of drug-likeness (QED) is 0.744. The second-order valence-electron chi connectivity index (χ2n) is 6.80. The molecule has 1 aliphatic heterocycles. The van der Waals surface area contributed by atoms with E-state index >= 15 is 0 Å². The first-order valence-electron chi connectivity index (χ1n) is 8.84. The summed E-state index contributed by atoms with van der Waals surface area (Å²) in [5, 5.41) is 3.81.